The quantitative estimate of drug-likeness (QED) is 0.827. The summed E-state index contributed by atoms with van der Waals surface area (Å²) < 4.78 is 0. The Balaban J connectivity index is 2.33. The van der Waals surface area contributed by atoms with Gasteiger partial charge in [0.2, 0.25) is 0 Å². The van der Waals surface area contributed by atoms with Crippen molar-refractivity contribution in [2.24, 2.45) is 0 Å². The van der Waals surface area contributed by atoms with Crippen molar-refractivity contribution >= 4 is 5.69 Å². The van der Waals surface area contributed by atoms with Gasteiger partial charge in [-0.15, -0.1) is 0 Å². The number of hydrogen-bond acceptors (Lipinski definition) is 2. The highest BCUT2D eigenvalue weighted by atomic mass is 15.2. The summed E-state index contributed by atoms with van der Waals surface area (Å²) in [6.07, 6.45) is 2.42. The van der Waals surface area contributed by atoms with E-state index < -0.39 is 0 Å². The largest absolute Gasteiger partial charge is 0.369 e. The summed E-state index contributed by atoms with van der Waals surface area (Å²) in [5, 5.41) is 3.53. The predicted molar refractivity (Wildman–Crippen MR) is 88.7 cm³/mol. The molecule has 1 aliphatic rings. The number of nitrogens with zero attached hydrogens (tertiary/aromatic N) is 1. The van der Waals surface area contributed by atoms with E-state index in [1.165, 1.54) is 35.2 Å². The summed E-state index contributed by atoms with van der Waals surface area (Å²) in [7, 11) is 2.24. The lowest BCUT2D eigenvalue weighted by Gasteiger charge is -2.45. The molecule has 2 nitrogen and oxygen atoms in total. The number of nitrogens with one attached hydrogen (secondary N) is 1. The van der Waals surface area contributed by atoms with Gasteiger partial charge in [0, 0.05) is 24.8 Å². The van der Waals surface area contributed by atoms with Gasteiger partial charge in [0.25, 0.3) is 0 Å². The maximum absolute atomic E-state index is 3.53. The van der Waals surface area contributed by atoms with Crippen molar-refractivity contribution in [2.75, 3.05) is 18.5 Å². The van der Waals surface area contributed by atoms with E-state index in [0.29, 0.717) is 5.92 Å². The highest BCUT2D eigenvalue weighted by Gasteiger charge is 2.34. The van der Waals surface area contributed by atoms with Gasteiger partial charge < -0.3 is 10.2 Å². The lowest BCUT2D eigenvalue weighted by Crippen LogP contribution is -2.45. The van der Waals surface area contributed by atoms with Gasteiger partial charge in [0.15, 0.2) is 0 Å². The van der Waals surface area contributed by atoms with Crippen LogP contribution < -0.4 is 10.2 Å². The average Bonchev–Trinajstić information content (AvgIpc) is 2.37. The van der Waals surface area contributed by atoms with E-state index in [0.717, 1.165) is 13.1 Å². The Bertz CT molecular complexity index is 477. The Labute approximate surface area is 124 Å². The van der Waals surface area contributed by atoms with E-state index in [2.05, 4.69) is 64.0 Å². The molecule has 2 heteroatoms. The molecule has 2 rings (SSSR count). The van der Waals surface area contributed by atoms with Crippen molar-refractivity contribution in [3.05, 3.63) is 28.8 Å². The van der Waals surface area contributed by atoms with Crippen LogP contribution >= 0.6 is 0 Å². The monoisotopic (exact) mass is 274 g/mol. The van der Waals surface area contributed by atoms with E-state index in [4.69, 9.17) is 0 Å². The predicted octanol–water partition coefficient (Wildman–Crippen LogP) is 4.22. The summed E-state index contributed by atoms with van der Waals surface area (Å²) in [5.41, 5.74) is 6.05. The highest BCUT2D eigenvalue weighted by Crippen LogP contribution is 2.43. The molecule has 0 aromatic heterocycles. The van der Waals surface area contributed by atoms with Crippen LogP contribution in [0.25, 0.3) is 0 Å². The minimum absolute atomic E-state index is 0.251. The van der Waals surface area contributed by atoms with E-state index in [1.807, 2.05) is 0 Å². The second-order valence-electron chi connectivity index (χ2n) is 6.99. The smallest absolute Gasteiger partial charge is 0.0406 e. The number of hydrogen-bond donors (Lipinski definition) is 1. The fourth-order valence-electron chi connectivity index (χ4n) is 3.35. The molecule has 1 aliphatic heterocycles. The number of fused-ring (bicyclic) bond motifs is 1. The standard InChI is InChI=1S/C18H30N2/c1-7-8-19-12-15-10-16-14(3)11-18(4,5)20(6)17(16)9-13(15)2/h9-10,14,19H,7-8,11-12H2,1-6H3. The van der Waals surface area contributed by atoms with Crippen LogP contribution in [-0.2, 0) is 6.54 Å². The molecular weight excluding hydrogens is 244 g/mol. The van der Waals surface area contributed by atoms with Crippen molar-refractivity contribution in [1.29, 1.82) is 0 Å². The van der Waals surface area contributed by atoms with Crippen molar-refractivity contribution < 1.29 is 0 Å². The Morgan fingerprint density at radius 1 is 1.35 bits per heavy atom. The van der Waals surface area contributed by atoms with Crippen LogP contribution in [0.15, 0.2) is 12.1 Å². The summed E-state index contributed by atoms with van der Waals surface area (Å²) in [5.74, 6) is 0.640. The van der Waals surface area contributed by atoms with E-state index >= 15 is 0 Å². The third kappa shape index (κ3) is 2.85. The molecule has 1 unspecified atom stereocenters. The zero-order valence-electron chi connectivity index (χ0n) is 14.0. The molecule has 1 atom stereocenters. The molecule has 0 fully saturated rings. The average molecular weight is 274 g/mol. The second kappa shape index (κ2) is 5.77. The van der Waals surface area contributed by atoms with Crippen LogP contribution in [0, 0.1) is 6.92 Å². The molecule has 0 aliphatic carbocycles. The molecule has 1 aromatic rings. The number of rotatable bonds is 4. The molecule has 0 saturated heterocycles. The Hall–Kier alpha value is -1.02. The molecule has 0 bridgehead atoms. The molecular formula is C18H30N2. The highest BCUT2D eigenvalue weighted by molar-refractivity contribution is 5.62. The van der Waals surface area contributed by atoms with Gasteiger partial charge in [0.05, 0.1) is 0 Å². The summed E-state index contributed by atoms with van der Waals surface area (Å²) in [4.78, 5) is 2.46. The van der Waals surface area contributed by atoms with Crippen molar-refractivity contribution in [3.8, 4) is 0 Å². The van der Waals surface area contributed by atoms with E-state index in [9.17, 15) is 0 Å². The first-order valence-electron chi connectivity index (χ1n) is 7.94. The molecule has 20 heavy (non-hydrogen) atoms. The molecule has 0 saturated carbocycles. The number of aryl methyl sites for hydroxylation is 1. The second-order valence-corrected chi connectivity index (χ2v) is 6.99. The van der Waals surface area contributed by atoms with Crippen LogP contribution in [0.5, 0.6) is 0 Å². The normalized spacial score (nSPS) is 20.9. The lowest BCUT2D eigenvalue weighted by atomic mass is 9.79. The topological polar surface area (TPSA) is 15.3 Å². The summed E-state index contributed by atoms with van der Waals surface area (Å²) in [6, 6.07) is 4.82. The minimum Gasteiger partial charge on any atom is -0.369 e. The fourth-order valence-corrected chi connectivity index (χ4v) is 3.35. The molecule has 112 valence electrons. The van der Waals surface area contributed by atoms with Gasteiger partial charge in [-0.2, -0.15) is 0 Å². The number of anilines is 1. The van der Waals surface area contributed by atoms with Gasteiger partial charge in [-0.05, 0) is 68.8 Å². The summed E-state index contributed by atoms with van der Waals surface area (Å²) >= 11 is 0. The van der Waals surface area contributed by atoms with Crippen molar-refractivity contribution in [3.63, 3.8) is 0 Å². The Morgan fingerprint density at radius 3 is 2.70 bits per heavy atom. The summed E-state index contributed by atoms with van der Waals surface area (Å²) in [6.45, 7) is 13.6. The van der Waals surface area contributed by atoms with Crippen LogP contribution in [0.3, 0.4) is 0 Å². The molecule has 0 amide bonds. The first kappa shape index (κ1) is 15.4. The maximum Gasteiger partial charge on any atom is 0.0406 e. The number of benzene rings is 1. The van der Waals surface area contributed by atoms with Crippen molar-refractivity contribution in [2.45, 2.75) is 65.5 Å². The minimum atomic E-state index is 0.251. The first-order valence-corrected chi connectivity index (χ1v) is 7.94. The molecule has 1 N–H and O–H groups in total. The maximum atomic E-state index is 3.53. The third-order valence-corrected chi connectivity index (χ3v) is 4.83. The van der Waals surface area contributed by atoms with Gasteiger partial charge in [-0.25, -0.2) is 0 Å². The van der Waals surface area contributed by atoms with E-state index in [-0.39, 0.29) is 5.54 Å². The Kier molecular flexibility index (Phi) is 4.43. The van der Waals surface area contributed by atoms with E-state index in [1.54, 1.807) is 0 Å². The van der Waals surface area contributed by atoms with Crippen LogP contribution in [0.2, 0.25) is 0 Å². The lowest BCUT2D eigenvalue weighted by molar-refractivity contribution is 0.395. The van der Waals surface area contributed by atoms with Gasteiger partial charge in [-0.1, -0.05) is 19.9 Å². The van der Waals surface area contributed by atoms with Crippen molar-refractivity contribution in [1.82, 2.24) is 5.32 Å². The molecule has 0 spiro atoms. The fraction of sp³-hybridized carbons (Fsp3) is 0.667. The van der Waals surface area contributed by atoms with Gasteiger partial charge in [0.1, 0.15) is 0 Å². The Morgan fingerprint density at radius 2 is 2.05 bits per heavy atom. The van der Waals surface area contributed by atoms with Gasteiger partial charge >= 0.3 is 0 Å². The first-order chi connectivity index (χ1) is 9.36. The SMILES string of the molecule is CCCNCc1cc2c(cc1C)N(C)C(C)(C)CC2C. The van der Waals surface area contributed by atoms with Crippen LogP contribution in [-0.4, -0.2) is 19.1 Å². The zero-order chi connectivity index (χ0) is 14.9. The van der Waals surface area contributed by atoms with Gasteiger partial charge in [-0.3, -0.25) is 0 Å². The molecule has 1 aromatic carbocycles. The third-order valence-electron chi connectivity index (χ3n) is 4.83. The molecule has 0 radical (unpaired) electrons. The van der Waals surface area contributed by atoms with Crippen LogP contribution in [0.4, 0.5) is 5.69 Å². The molecule has 1 heterocycles. The van der Waals surface area contributed by atoms with Crippen LogP contribution in [0.1, 0.15) is 63.1 Å². The zero-order valence-corrected chi connectivity index (χ0v) is 14.0.